The van der Waals surface area contributed by atoms with Gasteiger partial charge in [-0.1, -0.05) is 6.07 Å². The molecule has 3 aliphatic heterocycles. The number of nitrogens with zero attached hydrogens (tertiary/aromatic N) is 5. The number of fused-ring (bicyclic) bond motifs is 1. The van der Waals surface area contributed by atoms with Crippen molar-refractivity contribution in [3.05, 3.63) is 65.7 Å². The van der Waals surface area contributed by atoms with E-state index in [-0.39, 0.29) is 11.9 Å². The number of aromatic nitrogens is 3. The SMILES string of the molecule is Nc1cc2c3c(c1)c(C1=C(c4cnc5ccccn45)C(=O)NC1)cn3CCN(C(=O)N1CCCCC1)C2. The number of hydrogen-bond donors (Lipinski definition) is 2. The summed E-state index contributed by atoms with van der Waals surface area (Å²) in [5.41, 5.74) is 13.3. The van der Waals surface area contributed by atoms with Crippen LogP contribution in [0.25, 0.3) is 27.7 Å². The first-order valence-corrected chi connectivity index (χ1v) is 13.0. The van der Waals surface area contributed by atoms with Gasteiger partial charge in [-0.05, 0) is 54.7 Å². The monoisotopic (exact) mass is 495 g/mol. The van der Waals surface area contributed by atoms with Gasteiger partial charge in [0.15, 0.2) is 0 Å². The predicted octanol–water partition coefficient (Wildman–Crippen LogP) is 3.33. The lowest BCUT2D eigenvalue weighted by Crippen LogP contribution is -2.45. The number of likely N-dealkylation sites (tertiary alicyclic amines) is 1. The molecule has 1 saturated heterocycles. The first kappa shape index (κ1) is 22.0. The molecule has 1 aromatic carbocycles. The summed E-state index contributed by atoms with van der Waals surface area (Å²) in [5.74, 6) is -0.101. The van der Waals surface area contributed by atoms with Crippen molar-refractivity contribution in [1.82, 2.24) is 29.1 Å². The predicted molar refractivity (Wildman–Crippen MR) is 143 cm³/mol. The number of imidazole rings is 1. The Morgan fingerprint density at radius 2 is 1.89 bits per heavy atom. The summed E-state index contributed by atoms with van der Waals surface area (Å²) in [5, 5.41) is 4.04. The van der Waals surface area contributed by atoms with Gasteiger partial charge in [-0.25, -0.2) is 9.78 Å². The highest BCUT2D eigenvalue weighted by Gasteiger charge is 2.31. The second-order valence-electron chi connectivity index (χ2n) is 10.2. The molecule has 37 heavy (non-hydrogen) atoms. The van der Waals surface area contributed by atoms with E-state index in [1.165, 1.54) is 6.42 Å². The Morgan fingerprint density at radius 1 is 1.03 bits per heavy atom. The molecule has 1 fully saturated rings. The Balaban J connectivity index is 1.34. The van der Waals surface area contributed by atoms with E-state index in [1.807, 2.05) is 50.7 Å². The number of pyridine rings is 1. The van der Waals surface area contributed by atoms with E-state index < -0.39 is 0 Å². The minimum atomic E-state index is -0.101. The lowest BCUT2D eigenvalue weighted by molar-refractivity contribution is -0.114. The molecule has 0 saturated carbocycles. The highest BCUT2D eigenvalue weighted by atomic mass is 16.2. The number of anilines is 1. The van der Waals surface area contributed by atoms with Crippen LogP contribution >= 0.6 is 0 Å². The van der Waals surface area contributed by atoms with E-state index in [4.69, 9.17) is 5.73 Å². The highest BCUT2D eigenvalue weighted by molar-refractivity contribution is 6.31. The Labute approximate surface area is 214 Å². The molecule has 4 aromatic rings. The molecule has 9 heteroatoms. The van der Waals surface area contributed by atoms with Crippen molar-refractivity contribution < 1.29 is 9.59 Å². The summed E-state index contributed by atoms with van der Waals surface area (Å²) in [6.45, 7) is 3.95. The standard InChI is InChI=1S/C28H29N7O2/c29-19-12-18-16-34(28(37)32-7-3-1-4-8-32)11-10-33-17-22(20(13-19)26(18)33)21-14-31-27(36)25(21)23-15-30-24-6-2-5-9-35(23)24/h2,5-6,9,12-13,15,17H,1,3-4,7-8,10-11,14,16,29H2,(H,31,36). The Hall–Kier alpha value is -4.27. The van der Waals surface area contributed by atoms with Gasteiger partial charge < -0.3 is 25.4 Å². The number of carbonyl (C=O) groups excluding carboxylic acids is 2. The molecule has 0 atom stereocenters. The Bertz CT molecular complexity index is 1610. The van der Waals surface area contributed by atoms with Crippen LogP contribution in [0.3, 0.4) is 0 Å². The fraction of sp³-hybridized carbons (Fsp3) is 0.321. The maximum Gasteiger partial charge on any atom is 0.320 e. The largest absolute Gasteiger partial charge is 0.399 e. The number of piperidine rings is 1. The fourth-order valence-corrected chi connectivity index (χ4v) is 6.15. The molecule has 3 aliphatic rings. The van der Waals surface area contributed by atoms with E-state index in [0.29, 0.717) is 37.4 Å². The molecule has 0 unspecified atom stereocenters. The van der Waals surface area contributed by atoms with Crippen molar-refractivity contribution in [2.24, 2.45) is 0 Å². The first-order valence-electron chi connectivity index (χ1n) is 13.0. The van der Waals surface area contributed by atoms with Crippen LogP contribution in [-0.2, 0) is 17.9 Å². The molecular weight excluding hydrogens is 466 g/mol. The van der Waals surface area contributed by atoms with Crippen LogP contribution in [0.15, 0.2) is 48.9 Å². The lowest BCUT2D eigenvalue weighted by atomic mass is 9.98. The number of rotatable bonds is 2. The molecular formula is C28H29N7O2. The van der Waals surface area contributed by atoms with Crippen LogP contribution in [0.5, 0.6) is 0 Å². The smallest absolute Gasteiger partial charge is 0.320 e. The second-order valence-corrected chi connectivity index (χ2v) is 10.2. The number of amides is 3. The summed E-state index contributed by atoms with van der Waals surface area (Å²) in [7, 11) is 0. The average molecular weight is 496 g/mol. The van der Waals surface area contributed by atoms with Crippen molar-refractivity contribution >= 4 is 45.3 Å². The van der Waals surface area contributed by atoms with Crippen molar-refractivity contribution in [2.75, 3.05) is 31.9 Å². The van der Waals surface area contributed by atoms with Crippen LogP contribution in [0.4, 0.5) is 10.5 Å². The van der Waals surface area contributed by atoms with Gasteiger partial charge in [-0.3, -0.25) is 9.20 Å². The Kier molecular flexibility index (Phi) is 4.99. The minimum absolute atomic E-state index is 0.101. The quantitative estimate of drug-likeness (QED) is 0.417. The van der Waals surface area contributed by atoms with Gasteiger partial charge >= 0.3 is 6.03 Å². The number of urea groups is 1. The van der Waals surface area contributed by atoms with Gasteiger partial charge in [0.05, 0.1) is 23.0 Å². The van der Waals surface area contributed by atoms with Gasteiger partial charge in [0.1, 0.15) is 5.65 Å². The van der Waals surface area contributed by atoms with Crippen LogP contribution in [0.2, 0.25) is 0 Å². The minimum Gasteiger partial charge on any atom is -0.399 e. The average Bonchev–Trinajstić information content (AvgIpc) is 3.57. The molecule has 0 aliphatic carbocycles. The van der Waals surface area contributed by atoms with E-state index in [9.17, 15) is 9.59 Å². The first-order chi connectivity index (χ1) is 18.1. The van der Waals surface area contributed by atoms with Crippen LogP contribution < -0.4 is 11.1 Å². The molecule has 188 valence electrons. The zero-order valence-electron chi connectivity index (χ0n) is 20.6. The normalized spacial score (nSPS) is 18.1. The van der Waals surface area contributed by atoms with Crippen molar-refractivity contribution in [1.29, 1.82) is 0 Å². The van der Waals surface area contributed by atoms with Crippen molar-refractivity contribution in [3.63, 3.8) is 0 Å². The summed E-state index contributed by atoms with van der Waals surface area (Å²) in [6.07, 6.45) is 9.16. The second kappa shape index (κ2) is 8.40. The number of nitrogens with two attached hydrogens (primary N) is 1. The van der Waals surface area contributed by atoms with Gasteiger partial charge in [-0.15, -0.1) is 0 Å². The van der Waals surface area contributed by atoms with Crippen LogP contribution in [-0.4, -0.2) is 61.9 Å². The van der Waals surface area contributed by atoms with Gasteiger partial charge in [0.25, 0.3) is 5.91 Å². The summed E-state index contributed by atoms with van der Waals surface area (Å²) in [6, 6.07) is 9.90. The molecule has 3 amide bonds. The molecule has 6 heterocycles. The van der Waals surface area contributed by atoms with Crippen LogP contribution in [0.1, 0.15) is 36.1 Å². The topological polar surface area (TPSA) is 101 Å². The molecule has 0 bridgehead atoms. The summed E-state index contributed by atoms with van der Waals surface area (Å²) < 4.78 is 4.18. The third-order valence-corrected chi connectivity index (χ3v) is 7.90. The molecule has 7 rings (SSSR count). The summed E-state index contributed by atoms with van der Waals surface area (Å²) in [4.78, 5) is 34.9. The summed E-state index contributed by atoms with van der Waals surface area (Å²) >= 11 is 0. The van der Waals surface area contributed by atoms with E-state index in [2.05, 4.69) is 21.1 Å². The number of hydrogen-bond acceptors (Lipinski definition) is 4. The van der Waals surface area contributed by atoms with E-state index in [0.717, 1.165) is 64.9 Å². The van der Waals surface area contributed by atoms with Crippen molar-refractivity contribution in [2.45, 2.75) is 32.4 Å². The molecule has 3 aromatic heterocycles. The van der Waals surface area contributed by atoms with Gasteiger partial charge in [-0.2, -0.15) is 0 Å². The van der Waals surface area contributed by atoms with E-state index >= 15 is 0 Å². The molecule has 0 spiro atoms. The fourth-order valence-electron chi connectivity index (χ4n) is 6.15. The van der Waals surface area contributed by atoms with Gasteiger partial charge in [0, 0.05) is 68.3 Å². The van der Waals surface area contributed by atoms with E-state index in [1.54, 1.807) is 6.20 Å². The molecule has 3 N–H and O–H groups in total. The zero-order chi connectivity index (χ0) is 25.1. The van der Waals surface area contributed by atoms with Crippen molar-refractivity contribution in [3.8, 4) is 0 Å². The zero-order valence-corrected chi connectivity index (χ0v) is 20.6. The van der Waals surface area contributed by atoms with Gasteiger partial charge in [0.2, 0.25) is 0 Å². The molecule has 0 radical (unpaired) electrons. The number of carbonyl (C=O) groups is 2. The number of nitrogen functional groups attached to an aromatic ring is 1. The lowest BCUT2D eigenvalue weighted by Gasteiger charge is -2.32. The third kappa shape index (κ3) is 3.48. The maximum atomic E-state index is 13.3. The number of benzene rings is 1. The Morgan fingerprint density at radius 3 is 2.76 bits per heavy atom. The molecule has 9 nitrogen and oxygen atoms in total. The maximum absolute atomic E-state index is 13.3. The highest BCUT2D eigenvalue weighted by Crippen LogP contribution is 2.38. The number of nitrogens with one attached hydrogen (secondary N) is 1. The third-order valence-electron chi connectivity index (χ3n) is 7.90. The van der Waals surface area contributed by atoms with Crippen LogP contribution in [0, 0.1) is 0 Å².